The van der Waals surface area contributed by atoms with Crippen LogP contribution in [0.5, 0.6) is 0 Å². The number of rotatable bonds is 3. The molecule has 2 atom stereocenters. The first kappa shape index (κ1) is 18.9. The minimum Gasteiger partial charge on any atom is -0.441 e. The molecule has 2 aromatic rings. The van der Waals surface area contributed by atoms with Crippen molar-refractivity contribution in [3.05, 3.63) is 41.8 Å². The van der Waals surface area contributed by atoms with Crippen LogP contribution in [0.25, 0.3) is 11.5 Å². The minimum absolute atomic E-state index is 0. The van der Waals surface area contributed by atoms with Crippen molar-refractivity contribution in [2.24, 2.45) is 17.6 Å². The number of hydrogen-bond acceptors (Lipinski definition) is 4. The van der Waals surface area contributed by atoms with Gasteiger partial charge in [-0.15, -0.1) is 12.4 Å². The van der Waals surface area contributed by atoms with E-state index in [1.54, 1.807) is 6.92 Å². The molecule has 1 aromatic heterocycles. The lowest BCUT2D eigenvalue weighted by Crippen LogP contribution is -2.53. The number of fused-ring (bicyclic) bond motifs is 2. The fraction of sp³-hybridized carbons (Fsp3) is 0.500. The van der Waals surface area contributed by atoms with Crippen molar-refractivity contribution < 1.29 is 9.21 Å². The SMILES string of the molecule is Cc1oc(-c2ccccc2)nc1C(=O)NC1C2CCCC1CC(N)C2.Cl. The fourth-order valence-corrected chi connectivity index (χ4v) is 4.56. The Kier molecular flexibility index (Phi) is 5.68. The monoisotopic (exact) mass is 375 g/mol. The highest BCUT2D eigenvalue weighted by molar-refractivity contribution is 5.94. The maximum atomic E-state index is 12.8. The average Bonchev–Trinajstić information content (AvgIpc) is 2.98. The predicted octanol–water partition coefficient (Wildman–Crippen LogP) is 3.71. The van der Waals surface area contributed by atoms with E-state index < -0.39 is 0 Å². The summed E-state index contributed by atoms with van der Waals surface area (Å²) in [5.41, 5.74) is 7.46. The second-order valence-corrected chi connectivity index (χ2v) is 7.47. The Morgan fingerprint density at radius 3 is 2.50 bits per heavy atom. The Balaban J connectivity index is 0.00000196. The molecule has 2 bridgehead atoms. The van der Waals surface area contributed by atoms with Gasteiger partial charge in [0.15, 0.2) is 5.69 Å². The number of carbonyl (C=O) groups is 1. The van der Waals surface area contributed by atoms with E-state index in [4.69, 9.17) is 10.2 Å². The first-order valence-electron chi connectivity index (χ1n) is 9.21. The quantitative estimate of drug-likeness (QED) is 0.856. The molecule has 4 rings (SSSR count). The van der Waals surface area contributed by atoms with Crippen LogP contribution in [0.2, 0.25) is 0 Å². The van der Waals surface area contributed by atoms with Crippen LogP contribution in [-0.4, -0.2) is 23.0 Å². The standard InChI is InChI=1S/C20H25N3O2.ClH/c1-12-17(23-20(25-12)13-6-3-2-4-7-13)19(24)22-18-14-8-5-9-15(18)11-16(21)10-14;/h2-4,6-7,14-16,18H,5,8-11,21H2,1H3,(H,22,24);1H. The Bertz CT molecular complexity index is 748. The fourth-order valence-electron chi connectivity index (χ4n) is 4.56. The van der Waals surface area contributed by atoms with Gasteiger partial charge in [0, 0.05) is 17.6 Å². The van der Waals surface area contributed by atoms with E-state index in [2.05, 4.69) is 10.3 Å². The molecule has 2 aliphatic rings. The molecule has 2 saturated carbocycles. The van der Waals surface area contributed by atoms with Crippen LogP contribution in [0.3, 0.4) is 0 Å². The maximum absolute atomic E-state index is 12.8. The molecule has 140 valence electrons. The first-order chi connectivity index (χ1) is 12.1. The number of benzene rings is 1. The molecule has 3 N–H and O–H groups in total. The zero-order valence-corrected chi connectivity index (χ0v) is 15.8. The number of hydrogen-bond donors (Lipinski definition) is 2. The summed E-state index contributed by atoms with van der Waals surface area (Å²) < 4.78 is 5.73. The van der Waals surface area contributed by atoms with Crippen LogP contribution in [-0.2, 0) is 0 Å². The highest BCUT2D eigenvalue weighted by atomic mass is 35.5. The van der Waals surface area contributed by atoms with E-state index in [0.29, 0.717) is 29.2 Å². The third-order valence-electron chi connectivity index (χ3n) is 5.71. The molecule has 2 aliphatic carbocycles. The second-order valence-electron chi connectivity index (χ2n) is 7.47. The lowest BCUT2D eigenvalue weighted by Gasteiger charge is -2.45. The molecule has 0 aliphatic heterocycles. The zero-order valence-electron chi connectivity index (χ0n) is 15.0. The van der Waals surface area contributed by atoms with Crippen LogP contribution in [0.15, 0.2) is 34.7 Å². The highest BCUT2D eigenvalue weighted by Crippen LogP contribution is 2.39. The van der Waals surface area contributed by atoms with E-state index >= 15 is 0 Å². The maximum Gasteiger partial charge on any atom is 0.273 e. The second kappa shape index (κ2) is 7.80. The molecule has 26 heavy (non-hydrogen) atoms. The van der Waals surface area contributed by atoms with Crippen molar-refractivity contribution in [3.8, 4) is 11.5 Å². The Morgan fingerprint density at radius 1 is 1.19 bits per heavy atom. The highest BCUT2D eigenvalue weighted by Gasteiger charge is 2.40. The molecular weight excluding hydrogens is 350 g/mol. The lowest BCUT2D eigenvalue weighted by atomic mass is 9.67. The van der Waals surface area contributed by atoms with Crippen LogP contribution in [0.1, 0.15) is 48.4 Å². The van der Waals surface area contributed by atoms with Gasteiger partial charge in [-0.05, 0) is 56.6 Å². The number of oxazole rings is 1. The molecule has 1 aromatic carbocycles. The molecular formula is C20H26ClN3O2. The van der Waals surface area contributed by atoms with Gasteiger partial charge < -0.3 is 15.5 Å². The molecule has 0 spiro atoms. The molecule has 5 nitrogen and oxygen atoms in total. The number of aromatic nitrogens is 1. The van der Waals surface area contributed by atoms with Gasteiger partial charge in [0.2, 0.25) is 5.89 Å². The van der Waals surface area contributed by atoms with Gasteiger partial charge in [-0.2, -0.15) is 0 Å². The summed E-state index contributed by atoms with van der Waals surface area (Å²) in [7, 11) is 0. The topological polar surface area (TPSA) is 81.2 Å². The molecule has 2 unspecified atom stereocenters. The van der Waals surface area contributed by atoms with E-state index in [-0.39, 0.29) is 30.4 Å². The largest absolute Gasteiger partial charge is 0.441 e. The number of nitrogens with one attached hydrogen (secondary N) is 1. The molecule has 6 heteroatoms. The van der Waals surface area contributed by atoms with Gasteiger partial charge in [-0.1, -0.05) is 24.6 Å². The number of aryl methyl sites for hydroxylation is 1. The summed E-state index contributed by atoms with van der Waals surface area (Å²) in [4.78, 5) is 17.3. The normalized spacial score (nSPS) is 27.5. The number of nitrogens with two attached hydrogens (primary N) is 1. The summed E-state index contributed by atoms with van der Waals surface area (Å²) in [6.45, 7) is 1.80. The Hall–Kier alpha value is -1.85. The average molecular weight is 376 g/mol. The van der Waals surface area contributed by atoms with Crippen LogP contribution >= 0.6 is 12.4 Å². The lowest BCUT2D eigenvalue weighted by molar-refractivity contribution is 0.0751. The Labute approximate surface area is 160 Å². The van der Waals surface area contributed by atoms with Gasteiger partial charge >= 0.3 is 0 Å². The number of amides is 1. The minimum atomic E-state index is -0.124. The van der Waals surface area contributed by atoms with Crippen LogP contribution < -0.4 is 11.1 Å². The van der Waals surface area contributed by atoms with Crippen LogP contribution in [0.4, 0.5) is 0 Å². The van der Waals surface area contributed by atoms with E-state index in [0.717, 1.165) is 31.2 Å². The first-order valence-corrected chi connectivity index (χ1v) is 9.21. The summed E-state index contributed by atoms with van der Waals surface area (Å²) in [5, 5.41) is 3.25. The van der Waals surface area contributed by atoms with E-state index in [9.17, 15) is 4.79 Å². The zero-order chi connectivity index (χ0) is 17.4. The smallest absolute Gasteiger partial charge is 0.273 e. The van der Waals surface area contributed by atoms with E-state index in [1.165, 1.54) is 6.42 Å². The van der Waals surface area contributed by atoms with Crippen molar-refractivity contribution in [2.45, 2.75) is 51.1 Å². The number of halogens is 1. The molecule has 0 saturated heterocycles. The number of carbonyl (C=O) groups excluding carboxylic acids is 1. The van der Waals surface area contributed by atoms with E-state index in [1.807, 2.05) is 30.3 Å². The van der Waals surface area contributed by atoms with Gasteiger partial charge in [-0.25, -0.2) is 4.98 Å². The van der Waals surface area contributed by atoms with Crippen molar-refractivity contribution in [1.82, 2.24) is 10.3 Å². The predicted molar refractivity (Wildman–Crippen MR) is 103 cm³/mol. The van der Waals surface area contributed by atoms with Crippen molar-refractivity contribution in [3.63, 3.8) is 0 Å². The molecule has 0 radical (unpaired) electrons. The Morgan fingerprint density at radius 2 is 1.85 bits per heavy atom. The summed E-state index contributed by atoms with van der Waals surface area (Å²) >= 11 is 0. The number of nitrogens with zero attached hydrogens (tertiary/aromatic N) is 1. The summed E-state index contributed by atoms with van der Waals surface area (Å²) in [6.07, 6.45) is 5.57. The third-order valence-corrected chi connectivity index (χ3v) is 5.71. The van der Waals surface area contributed by atoms with Gasteiger partial charge in [0.05, 0.1) is 0 Å². The van der Waals surface area contributed by atoms with Gasteiger partial charge in [0.1, 0.15) is 5.76 Å². The third kappa shape index (κ3) is 3.64. The van der Waals surface area contributed by atoms with Gasteiger partial charge in [0.25, 0.3) is 5.91 Å². The van der Waals surface area contributed by atoms with Crippen molar-refractivity contribution in [2.75, 3.05) is 0 Å². The van der Waals surface area contributed by atoms with Crippen molar-refractivity contribution in [1.29, 1.82) is 0 Å². The van der Waals surface area contributed by atoms with Gasteiger partial charge in [-0.3, -0.25) is 4.79 Å². The summed E-state index contributed by atoms with van der Waals surface area (Å²) in [6, 6.07) is 10.2. The molecule has 2 fully saturated rings. The summed E-state index contributed by atoms with van der Waals surface area (Å²) in [5.74, 6) is 1.92. The van der Waals surface area contributed by atoms with Crippen LogP contribution in [0, 0.1) is 18.8 Å². The van der Waals surface area contributed by atoms with Crippen molar-refractivity contribution >= 4 is 18.3 Å². The molecule has 1 heterocycles. The molecule has 1 amide bonds.